The summed E-state index contributed by atoms with van der Waals surface area (Å²) < 4.78 is 6.67. The van der Waals surface area contributed by atoms with Crippen LogP contribution in [0.4, 0.5) is 0 Å². The van der Waals surface area contributed by atoms with Crippen molar-refractivity contribution < 1.29 is 19.4 Å². The lowest BCUT2D eigenvalue weighted by atomic mass is 9.79. The average molecular weight is 511 g/mol. The zero-order valence-electron chi connectivity index (χ0n) is 23.0. The first-order valence-electron chi connectivity index (χ1n) is 12.6. The minimum absolute atomic E-state index is 0.0590. The summed E-state index contributed by atoms with van der Waals surface area (Å²) in [4.78, 5) is 23.3. The number of carbonyl (C=O) groups excluding carboxylic acids is 1. The van der Waals surface area contributed by atoms with Crippen LogP contribution in [0.2, 0.25) is 0 Å². The highest BCUT2D eigenvalue weighted by Gasteiger charge is 2.23. The molecule has 0 atom stereocenters. The minimum Gasteiger partial charge on any atom is -0.478 e. The molecule has 0 saturated carbocycles. The number of carbonyl (C=O) groups is 2. The molecule has 0 bridgehead atoms. The SMILES string of the molecule is COC(=O)c1ccc(-c2cc(-c3cc(C(C)(C)C)cc(C(C)(C)C)c3)n(-c3ccc(C(=O)O)cc3)n2)cc1. The van der Waals surface area contributed by atoms with Crippen LogP contribution in [-0.4, -0.2) is 33.9 Å². The molecule has 1 N–H and O–H groups in total. The van der Waals surface area contributed by atoms with E-state index in [0.717, 1.165) is 28.2 Å². The lowest BCUT2D eigenvalue weighted by molar-refractivity contribution is 0.0599. The van der Waals surface area contributed by atoms with E-state index in [1.165, 1.54) is 18.2 Å². The maximum atomic E-state index is 11.9. The van der Waals surface area contributed by atoms with E-state index in [2.05, 4.69) is 59.7 Å². The lowest BCUT2D eigenvalue weighted by Gasteiger charge is -2.26. The van der Waals surface area contributed by atoms with Crippen molar-refractivity contribution in [2.75, 3.05) is 7.11 Å². The van der Waals surface area contributed by atoms with Crippen LogP contribution in [0, 0.1) is 0 Å². The molecule has 0 fully saturated rings. The maximum Gasteiger partial charge on any atom is 0.337 e. The zero-order chi connectivity index (χ0) is 27.8. The van der Waals surface area contributed by atoms with Gasteiger partial charge in [0.25, 0.3) is 0 Å². The second-order valence-electron chi connectivity index (χ2n) is 11.5. The van der Waals surface area contributed by atoms with E-state index in [9.17, 15) is 14.7 Å². The van der Waals surface area contributed by atoms with Gasteiger partial charge in [-0.15, -0.1) is 0 Å². The van der Waals surface area contributed by atoms with Gasteiger partial charge in [0.2, 0.25) is 0 Å². The Kier molecular flexibility index (Phi) is 7.02. The quantitative estimate of drug-likeness (QED) is 0.285. The van der Waals surface area contributed by atoms with Gasteiger partial charge in [0, 0.05) is 11.1 Å². The first kappa shape index (κ1) is 26.9. The van der Waals surface area contributed by atoms with Crippen molar-refractivity contribution in [1.29, 1.82) is 0 Å². The summed E-state index contributed by atoms with van der Waals surface area (Å²) in [6.45, 7) is 13.2. The van der Waals surface area contributed by atoms with Crippen LogP contribution in [0.15, 0.2) is 72.8 Å². The number of nitrogens with zero attached hydrogens (tertiary/aromatic N) is 2. The van der Waals surface area contributed by atoms with Crippen molar-refractivity contribution >= 4 is 11.9 Å². The molecule has 1 aromatic heterocycles. The summed E-state index contributed by atoms with van der Waals surface area (Å²) >= 11 is 0. The molecule has 6 nitrogen and oxygen atoms in total. The van der Waals surface area contributed by atoms with Crippen molar-refractivity contribution in [3.63, 3.8) is 0 Å². The molecular weight excluding hydrogens is 476 g/mol. The Morgan fingerprint density at radius 1 is 0.737 bits per heavy atom. The van der Waals surface area contributed by atoms with Gasteiger partial charge < -0.3 is 9.84 Å². The molecule has 6 heteroatoms. The predicted molar refractivity (Wildman–Crippen MR) is 150 cm³/mol. The summed E-state index contributed by atoms with van der Waals surface area (Å²) in [5, 5.41) is 14.3. The summed E-state index contributed by atoms with van der Waals surface area (Å²) in [6, 6.07) is 22.6. The van der Waals surface area contributed by atoms with E-state index in [0.29, 0.717) is 5.56 Å². The molecule has 3 aromatic carbocycles. The van der Waals surface area contributed by atoms with Crippen LogP contribution in [0.3, 0.4) is 0 Å². The molecule has 0 unspecified atom stereocenters. The molecule has 196 valence electrons. The van der Waals surface area contributed by atoms with Crippen molar-refractivity contribution in [1.82, 2.24) is 9.78 Å². The van der Waals surface area contributed by atoms with Gasteiger partial charge in [-0.25, -0.2) is 14.3 Å². The topological polar surface area (TPSA) is 81.4 Å². The van der Waals surface area contributed by atoms with Gasteiger partial charge >= 0.3 is 11.9 Å². The fourth-order valence-electron chi connectivity index (χ4n) is 4.21. The van der Waals surface area contributed by atoms with Crippen LogP contribution in [0.5, 0.6) is 0 Å². The summed E-state index contributed by atoms with van der Waals surface area (Å²) in [5.41, 5.74) is 7.24. The van der Waals surface area contributed by atoms with E-state index in [4.69, 9.17) is 9.84 Å². The number of carboxylic acids is 1. The van der Waals surface area contributed by atoms with Crippen LogP contribution in [-0.2, 0) is 15.6 Å². The zero-order valence-corrected chi connectivity index (χ0v) is 23.0. The van der Waals surface area contributed by atoms with Crippen molar-refractivity contribution in [2.45, 2.75) is 52.4 Å². The van der Waals surface area contributed by atoms with Crippen LogP contribution < -0.4 is 0 Å². The van der Waals surface area contributed by atoms with E-state index < -0.39 is 11.9 Å². The smallest absolute Gasteiger partial charge is 0.337 e. The monoisotopic (exact) mass is 510 g/mol. The number of methoxy groups -OCH3 is 1. The number of aromatic nitrogens is 2. The normalized spacial score (nSPS) is 11.9. The summed E-state index contributed by atoms with van der Waals surface area (Å²) in [5.74, 6) is -1.37. The van der Waals surface area contributed by atoms with Gasteiger partial charge in [0.15, 0.2) is 0 Å². The third kappa shape index (κ3) is 5.54. The average Bonchev–Trinajstić information content (AvgIpc) is 3.32. The van der Waals surface area contributed by atoms with Gasteiger partial charge in [-0.1, -0.05) is 59.7 Å². The molecular formula is C32H34N2O4. The fraction of sp³-hybridized carbons (Fsp3) is 0.281. The van der Waals surface area contributed by atoms with Gasteiger partial charge in [0.05, 0.1) is 35.3 Å². The molecule has 4 rings (SSSR count). The number of rotatable bonds is 5. The second-order valence-corrected chi connectivity index (χ2v) is 11.5. The Hall–Kier alpha value is -4.19. The van der Waals surface area contributed by atoms with Crippen molar-refractivity contribution in [3.8, 4) is 28.2 Å². The van der Waals surface area contributed by atoms with Gasteiger partial charge in [-0.05, 0) is 76.6 Å². The Morgan fingerprint density at radius 2 is 1.26 bits per heavy atom. The second kappa shape index (κ2) is 9.93. The number of carboxylic acid groups (broad SMARTS) is 1. The third-order valence-electron chi connectivity index (χ3n) is 6.63. The minimum atomic E-state index is -0.976. The molecule has 0 amide bonds. The van der Waals surface area contributed by atoms with Crippen LogP contribution >= 0.6 is 0 Å². The summed E-state index contributed by atoms with van der Waals surface area (Å²) in [7, 11) is 1.36. The first-order chi connectivity index (χ1) is 17.8. The Balaban J connectivity index is 1.94. The molecule has 4 aromatic rings. The molecule has 0 spiro atoms. The van der Waals surface area contributed by atoms with Gasteiger partial charge in [-0.2, -0.15) is 5.10 Å². The number of benzene rings is 3. The molecule has 38 heavy (non-hydrogen) atoms. The highest BCUT2D eigenvalue weighted by molar-refractivity contribution is 5.90. The van der Waals surface area contributed by atoms with Gasteiger partial charge in [0.1, 0.15) is 0 Å². The van der Waals surface area contributed by atoms with E-state index in [1.807, 2.05) is 22.9 Å². The van der Waals surface area contributed by atoms with E-state index in [-0.39, 0.29) is 16.4 Å². The van der Waals surface area contributed by atoms with Crippen molar-refractivity contribution in [2.24, 2.45) is 0 Å². The van der Waals surface area contributed by atoms with E-state index in [1.54, 1.807) is 36.4 Å². The maximum absolute atomic E-state index is 11.9. The van der Waals surface area contributed by atoms with Crippen LogP contribution in [0.1, 0.15) is 73.4 Å². The highest BCUT2D eigenvalue weighted by Crippen LogP contribution is 2.36. The number of esters is 1. The Bertz CT molecular complexity index is 1450. The molecule has 0 radical (unpaired) electrons. The Morgan fingerprint density at radius 3 is 1.74 bits per heavy atom. The number of aromatic carboxylic acids is 1. The highest BCUT2D eigenvalue weighted by atomic mass is 16.5. The molecule has 0 aliphatic heterocycles. The largest absolute Gasteiger partial charge is 0.478 e. The summed E-state index contributed by atoms with van der Waals surface area (Å²) in [6.07, 6.45) is 0. The standard InChI is InChI=1S/C32H34N2O4/c1-31(2,3)24-16-23(17-25(18-24)32(4,5)6)28-19-27(20-8-10-22(11-9-20)30(37)38-7)33-34(28)26-14-12-21(13-15-26)29(35)36/h8-19H,1-7H3,(H,35,36). The lowest BCUT2D eigenvalue weighted by Crippen LogP contribution is -2.16. The van der Waals surface area contributed by atoms with E-state index >= 15 is 0 Å². The molecule has 0 saturated heterocycles. The van der Waals surface area contributed by atoms with Crippen LogP contribution in [0.25, 0.3) is 28.2 Å². The number of hydrogen-bond acceptors (Lipinski definition) is 4. The third-order valence-corrected chi connectivity index (χ3v) is 6.63. The number of ether oxygens (including phenoxy) is 1. The molecule has 0 aliphatic rings. The number of hydrogen-bond donors (Lipinski definition) is 1. The molecule has 0 aliphatic carbocycles. The fourth-order valence-corrected chi connectivity index (χ4v) is 4.21. The Labute approximate surface area is 223 Å². The molecule has 1 heterocycles. The van der Waals surface area contributed by atoms with Crippen molar-refractivity contribution in [3.05, 3.63) is 95.1 Å². The predicted octanol–water partition coefficient (Wildman–Crippen LogP) is 7.29. The first-order valence-corrected chi connectivity index (χ1v) is 12.6. The van der Waals surface area contributed by atoms with Gasteiger partial charge in [-0.3, -0.25) is 0 Å².